The zero-order valence-electron chi connectivity index (χ0n) is 9.64. The lowest BCUT2D eigenvalue weighted by atomic mass is 10.0. The number of aryl methyl sites for hydroxylation is 1. The van der Waals surface area contributed by atoms with Crippen LogP contribution in [-0.2, 0) is 18.3 Å². The second-order valence-electron chi connectivity index (χ2n) is 4.12. The van der Waals surface area contributed by atoms with Crippen molar-refractivity contribution in [3.63, 3.8) is 0 Å². The van der Waals surface area contributed by atoms with E-state index in [-0.39, 0.29) is 11.7 Å². The molecule has 0 bridgehead atoms. The molecule has 2 rings (SSSR count). The number of carbonyl (C=O) groups is 1. The summed E-state index contributed by atoms with van der Waals surface area (Å²) in [5.74, 6) is 0.213. The molecule has 0 aliphatic carbocycles. The highest BCUT2D eigenvalue weighted by Crippen LogP contribution is 2.14. The van der Waals surface area contributed by atoms with Crippen LogP contribution >= 0.6 is 0 Å². The minimum absolute atomic E-state index is 0.0293. The molecular formula is C11H14N4O. The van der Waals surface area contributed by atoms with Crippen LogP contribution < -0.4 is 0 Å². The molecule has 2 aromatic rings. The lowest BCUT2D eigenvalue weighted by Crippen LogP contribution is -2.11. The van der Waals surface area contributed by atoms with Crippen molar-refractivity contribution in [2.24, 2.45) is 13.0 Å². The van der Waals surface area contributed by atoms with Crippen LogP contribution in [0.4, 0.5) is 0 Å². The van der Waals surface area contributed by atoms with Crippen LogP contribution in [0.3, 0.4) is 0 Å². The monoisotopic (exact) mass is 218 g/mol. The van der Waals surface area contributed by atoms with Crippen LogP contribution in [0.1, 0.15) is 19.5 Å². The fourth-order valence-corrected chi connectivity index (χ4v) is 1.52. The number of fused-ring (bicyclic) bond motifs is 1. The van der Waals surface area contributed by atoms with Crippen molar-refractivity contribution in [1.29, 1.82) is 0 Å². The Morgan fingerprint density at radius 2 is 2.19 bits per heavy atom. The average Bonchev–Trinajstić information content (AvgIpc) is 2.62. The van der Waals surface area contributed by atoms with E-state index in [1.807, 2.05) is 20.9 Å². The molecule has 0 aliphatic heterocycles. The first-order valence-electron chi connectivity index (χ1n) is 5.24. The van der Waals surface area contributed by atoms with E-state index in [1.165, 1.54) is 6.33 Å². The number of nitrogens with zero attached hydrogens (tertiary/aromatic N) is 4. The summed E-state index contributed by atoms with van der Waals surface area (Å²) >= 11 is 0. The van der Waals surface area contributed by atoms with Gasteiger partial charge in [-0.3, -0.25) is 9.48 Å². The summed E-state index contributed by atoms with van der Waals surface area (Å²) in [7, 11) is 1.82. The van der Waals surface area contributed by atoms with Gasteiger partial charge in [-0.2, -0.15) is 5.10 Å². The molecule has 0 amide bonds. The molecule has 0 N–H and O–H groups in total. The first-order chi connectivity index (χ1) is 7.59. The molecule has 0 saturated heterocycles. The molecule has 0 atom stereocenters. The Morgan fingerprint density at radius 3 is 2.88 bits per heavy atom. The third-order valence-electron chi connectivity index (χ3n) is 2.60. The molecule has 0 saturated carbocycles. The zero-order chi connectivity index (χ0) is 11.7. The van der Waals surface area contributed by atoms with Crippen molar-refractivity contribution >= 4 is 16.8 Å². The van der Waals surface area contributed by atoms with Gasteiger partial charge in [0.05, 0.1) is 17.3 Å². The first-order valence-corrected chi connectivity index (χ1v) is 5.24. The van der Waals surface area contributed by atoms with Crippen molar-refractivity contribution in [2.45, 2.75) is 20.3 Å². The second-order valence-corrected chi connectivity index (χ2v) is 4.12. The Balaban J connectivity index is 2.41. The predicted molar refractivity (Wildman–Crippen MR) is 59.9 cm³/mol. The van der Waals surface area contributed by atoms with Crippen LogP contribution in [0.25, 0.3) is 11.0 Å². The number of rotatable bonds is 3. The third-order valence-corrected chi connectivity index (χ3v) is 2.60. The lowest BCUT2D eigenvalue weighted by Gasteiger charge is -2.04. The van der Waals surface area contributed by atoms with E-state index in [1.54, 1.807) is 10.9 Å². The van der Waals surface area contributed by atoms with E-state index in [4.69, 9.17) is 0 Å². The van der Waals surface area contributed by atoms with E-state index in [0.29, 0.717) is 6.42 Å². The number of hydrogen-bond donors (Lipinski definition) is 0. The Labute approximate surface area is 93.5 Å². The quantitative estimate of drug-likeness (QED) is 0.774. The van der Waals surface area contributed by atoms with Gasteiger partial charge in [0.2, 0.25) is 0 Å². The van der Waals surface area contributed by atoms with Crippen LogP contribution in [0.2, 0.25) is 0 Å². The highest BCUT2D eigenvalue weighted by atomic mass is 16.1. The molecule has 0 aliphatic rings. The van der Waals surface area contributed by atoms with Gasteiger partial charge in [-0.05, 0) is 0 Å². The average molecular weight is 218 g/mol. The topological polar surface area (TPSA) is 60.7 Å². The molecule has 0 aromatic carbocycles. The van der Waals surface area contributed by atoms with E-state index < -0.39 is 0 Å². The summed E-state index contributed by atoms with van der Waals surface area (Å²) in [5, 5.41) is 4.97. The fraction of sp³-hybridized carbons (Fsp3) is 0.455. The van der Waals surface area contributed by atoms with Gasteiger partial charge in [0.1, 0.15) is 12.1 Å². The molecule has 16 heavy (non-hydrogen) atoms. The molecule has 0 unspecified atom stereocenters. The number of aromatic nitrogens is 4. The highest BCUT2D eigenvalue weighted by molar-refractivity contribution is 5.87. The summed E-state index contributed by atoms with van der Waals surface area (Å²) in [4.78, 5) is 20.0. The van der Waals surface area contributed by atoms with Gasteiger partial charge in [-0.25, -0.2) is 9.97 Å². The molecule has 84 valence electrons. The highest BCUT2D eigenvalue weighted by Gasteiger charge is 2.13. The van der Waals surface area contributed by atoms with Crippen LogP contribution in [0, 0.1) is 5.92 Å². The fourth-order valence-electron chi connectivity index (χ4n) is 1.52. The number of Topliss-reactive ketones (excluding diaryl/α,β-unsaturated/α-hetero) is 1. The van der Waals surface area contributed by atoms with Gasteiger partial charge in [0.25, 0.3) is 0 Å². The molecule has 2 heterocycles. The molecule has 2 aromatic heterocycles. The minimum atomic E-state index is 0.0293. The molecule has 0 spiro atoms. The van der Waals surface area contributed by atoms with Gasteiger partial charge in [-0.15, -0.1) is 0 Å². The molecule has 5 nitrogen and oxygen atoms in total. The van der Waals surface area contributed by atoms with Crippen LogP contribution in [0.15, 0.2) is 12.5 Å². The smallest absolute Gasteiger partial charge is 0.161 e. The Hall–Kier alpha value is -1.78. The van der Waals surface area contributed by atoms with Crippen LogP contribution in [-0.4, -0.2) is 25.5 Å². The maximum absolute atomic E-state index is 11.7. The molecule has 0 fully saturated rings. The number of carbonyl (C=O) groups excluding carboxylic acids is 1. The molecule has 0 radical (unpaired) electrons. The molecule has 5 heteroatoms. The normalized spacial score (nSPS) is 11.2. The molecular weight excluding hydrogens is 204 g/mol. The van der Waals surface area contributed by atoms with Gasteiger partial charge in [-0.1, -0.05) is 13.8 Å². The summed E-state index contributed by atoms with van der Waals surface area (Å²) in [6.07, 6.45) is 3.54. The summed E-state index contributed by atoms with van der Waals surface area (Å²) in [6, 6.07) is 0. The van der Waals surface area contributed by atoms with Gasteiger partial charge >= 0.3 is 0 Å². The lowest BCUT2D eigenvalue weighted by molar-refractivity contribution is -0.121. The van der Waals surface area contributed by atoms with Crippen molar-refractivity contribution in [3.8, 4) is 0 Å². The van der Waals surface area contributed by atoms with E-state index in [0.717, 1.165) is 16.7 Å². The summed E-state index contributed by atoms with van der Waals surface area (Å²) in [5.41, 5.74) is 1.53. The largest absolute Gasteiger partial charge is 0.299 e. The summed E-state index contributed by atoms with van der Waals surface area (Å²) < 4.78 is 1.68. The zero-order valence-corrected chi connectivity index (χ0v) is 9.64. The maximum atomic E-state index is 11.7. The second kappa shape index (κ2) is 4.00. The van der Waals surface area contributed by atoms with Gasteiger partial charge in [0.15, 0.2) is 5.65 Å². The number of ketones is 1. The van der Waals surface area contributed by atoms with E-state index >= 15 is 0 Å². The third kappa shape index (κ3) is 1.80. The predicted octanol–water partition coefficient (Wildman–Crippen LogP) is 1.13. The van der Waals surface area contributed by atoms with E-state index in [9.17, 15) is 4.79 Å². The van der Waals surface area contributed by atoms with Gasteiger partial charge in [0, 0.05) is 19.4 Å². The van der Waals surface area contributed by atoms with Crippen molar-refractivity contribution in [1.82, 2.24) is 19.7 Å². The number of hydrogen-bond acceptors (Lipinski definition) is 4. The van der Waals surface area contributed by atoms with Gasteiger partial charge < -0.3 is 0 Å². The Kier molecular flexibility index (Phi) is 2.68. The Bertz CT molecular complexity index is 530. The SMILES string of the molecule is CC(C)C(=O)Cc1ncnc2c1cnn2C. The Morgan fingerprint density at radius 1 is 1.44 bits per heavy atom. The van der Waals surface area contributed by atoms with Crippen molar-refractivity contribution in [3.05, 3.63) is 18.2 Å². The van der Waals surface area contributed by atoms with Crippen LogP contribution in [0.5, 0.6) is 0 Å². The first kappa shape index (κ1) is 10.7. The summed E-state index contributed by atoms with van der Waals surface area (Å²) in [6.45, 7) is 3.79. The standard InChI is InChI=1S/C11H14N4O/c1-7(2)10(16)4-9-8-5-14-15(3)11(8)13-6-12-9/h5-7H,4H2,1-3H3. The van der Waals surface area contributed by atoms with Crippen molar-refractivity contribution < 1.29 is 4.79 Å². The minimum Gasteiger partial charge on any atom is -0.299 e. The van der Waals surface area contributed by atoms with E-state index in [2.05, 4.69) is 15.1 Å². The van der Waals surface area contributed by atoms with Crippen molar-refractivity contribution in [2.75, 3.05) is 0 Å². The maximum Gasteiger partial charge on any atom is 0.161 e.